The molecule has 0 unspecified atom stereocenters. The van der Waals surface area contributed by atoms with Crippen molar-refractivity contribution in [1.29, 1.82) is 0 Å². The van der Waals surface area contributed by atoms with Crippen molar-refractivity contribution in [2.45, 2.75) is 104 Å². The summed E-state index contributed by atoms with van der Waals surface area (Å²) in [6.07, 6.45) is 2.36. The van der Waals surface area contributed by atoms with Gasteiger partial charge in [0, 0.05) is 50.8 Å². The molecule has 9 aromatic rings. The van der Waals surface area contributed by atoms with Gasteiger partial charge in [0.15, 0.2) is 0 Å². The summed E-state index contributed by atoms with van der Waals surface area (Å²) < 4.78 is 0. The lowest BCUT2D eigenvalue weighted by molar-refractivity contribution is 0.331. The number of nitrogens with zero attached hydrogens (tertiary/aromatic N) is 3. The van der Waals surface area contributed by atoms with Crippen LogP contribution in [-0.4, -0.2) is 6.85 Å². The molecule has 0 radical (unpaired) electrons. The third-order valence-corrected chi connectivity index (χ3v) is 17.5. The predicted octanol–water partition coefficient (Wildman–Crippen LogP) is 17.8. The Hall–Kier alpha value is -7.56. The van der Waals surface area contributed by atoms with E-state index in [4.69, 9.17) is 0 Å². The summed E-state index contributed by atoms with van der Waals surface area (Å²) in [5.41, 5.74) is 28.1. The van der Waals surface area contributed by atoms with Gasteiger partial charge in [-0.15, -0.1) is 0 Å². The van der Waals surface area contributed by atoms with E-state index in [0.717, 1.165) is 22.7 Å². The summed E-state index contributed by atoms with van der Waals surface area (Å²) >= 11 is 0. The molecule has 9 aromatic carbocycles. The molecule has 4 aliphatic rings. The average molecular weight is 960 g/mol. The van der Waals surface area contributed by atoms with Gasteiger partial charge >= 0.3 is 6.85 Å². The van der Waals surface area contributed by atoms with Crippen LogP contribution in [0.15, 0.2) is 194 Å². The van der Waals surface area contributed by atoms with Crippen molar-refractivity contribution in [3.8, 4) is 33.4 Å². The van der Waals surface area contributed by atoms with Gasteiger partial charge in [0.05, 0.1) is 5.69 Å². The van der Waals surface area contributed by atoms with Crippen LogP contribution in [0.2, 0.25) is 0 Å². The van der Waals surface area contributed by atoms with Crippen molar-refractivity contribution in [3.63, 3.8) is 0 Å². The van der Waals surface area contributed by atoms with Crippen LogP contribution in [-0.2, 0) is 21.7 Å². The molecule has 13 rings (SSSR count). The van der Waals surface area contributed by atoms with E-state index in [9.17, 15) is 0 Å². The van der Waals surface area contributed by atoms with E-state index in [-0.39, 0.29) is 28.5 Å². The fourth-order valence-electron chi connectivity index (χ4n) is 13.2. The normalized spacial score (nSPS) is 16.1. The molecule has 0 saturated carbocycles. The van der Waals surface area contributed by atoms with Crippen LogP contribution in [0.25, 0.3) is 33.4 Å². The highest BCUT2D eigenvalue weighted by atomic mass is 15.2. The number of para-hydroxylation sites is 1. The zero-order valence-corrected chi connectivity index (χ0v) is 44.8. The first-order valence-corrected chi connectivity index (χ1v) is 26.9. The maximum atomic E-state index is 2.70. The SMILES string of the molecule is Cc1cc2c3c(c1)N1c4cc5c(cc4C(C)(C)c4cccc(c41)B3N(c1ccc(-c3ccccc3)cc1)c1cc(N(c3ccc(-c4ccccc4)cc3)c3ccc(C(C)(C)C)cc3)ccc1-2)C(C)(C)CCC5(C)C. The first-order valence-electron chi connectivity index (χ1n) is 26.9. The molecule has 74 heavy (non-hydrogen) atoms. The third-order valence-electron chi connectivity index (χ3n) is 17.5. The number of hydrogen-bond donors (Lipinski definition) is 0. The number of aryl methyl sites for hydroxylation is 1. The second-order valence-electron chi connectivity index (χ2n) is 24.6. The van der Waals surface area contributed by atoms with Crippen LogP contribution in [0.3, 0.4) is 0 Å². The molecular formula is C70H66BN3. The Morgan fingerprint density at radius 2 is 1.01 bits per heavy atom. The fourth-order valence-corrected chi connectivity index (χ4v) is 13.2. The van der Waals surface area contributed by atoms with Crippen molar-refractivity contribution in [2.75, 3.05) is 14.6 Å². The molecule has 0 aromatic heterocycles. The number of rotatable bonds is 6. The lowest BCUT2D eigenvalue weighted by Gasteiger charge is -2.52. The highest BCUT2D eigenvalue weighted by Gasteiger charge is 2.51. The van der Waals surface area contributed by atoms with Crippen molar-refractivity contribution in [3.05, 3.63) is 228 Å². The molecule has 0 bridgehead atoms. The maximum Gasteiger partial charge on any atom is 0.333 e. The van der Waals surface area contributed by atoms with Crippen LogP contribution in [0, 0.1) is 6.92 Å². The monoisotopic (exact) mass is 960 g/mol. The molecule has 3 aliphatic heterocycles. The molecule has 1 aliphatic carbocycles. The molecule has 0 atom stereocenters. The molecule has 0 amide bonds. The number of hydrogen-bond acceptors (Lipinski definition) is 3. The average Bonchev–Trinajstić information content (AvgIpc) is 3.44. The number of fused-ring (bicyclic) bond motifs is 7. The topological polar surface area (TPSA) is 9.72 Å². The Bertz CT molecular complexity index is 3670. The third kappa shape index (κ3) is 7.15. The zero-order chi connectivity index (χ0) is 51.1. The van der Waals surface area contributed by atoms with Gasteiger partial charge in [0.25, 0.3) is 0 Å². The minimum absolute atomic E-state index is 0.0316. The van der Waals surface area contributed by atoms with Crippen LogP contribution >= 0.6 is 0 Å². The summed E-state index contributed by atoms with van der Waals surface area (Å²) in [6, 6.07) is 73.8. The van der Waals surface area contributed by atoms with Crippen molar-refractivity contribution >= 4 is 63.3 Å². The molecule has 3 nitrogen and oxygen atoms in total. The van der Waals surface area contributed by atoms with Crippen molar-refractivity contribution < 1.29 is 0 Å². The van der Waals surface area contributed by atoms with Gasteiger partial charge in [-0.3, -0.25) is 0 Å². The van der Waals surface area contributed by atoms with E-state index in [2.05, 4.69) is 278 Å². The lowest BCUT2D eigenvalue weighted by atomic mass is 9.42. The molecule has 0 N–H and O–H groups in total. The Balaban J connectivity index is 1.06. The smallest absolute Gasteiger partial charge is 0.333 e. The predicted molar refractivity (Wildman–Crippen MR) is 317 cm³/mol. The van der Waals surface area contributed by atoms with E-state index < -0.39 is 0 Å². The number of anilines is 8. The molecular weight excluding hydrogens is 894 g/mol. The van der Waals surface area contributed by atoms with Gasteiger partial charge < -0.3 is 14.6 Å². The van der Waals surface area contributed by atoms with Gasteiger partial charge in [0.2, 0.25) is 0 Å². The lowest BCUT2D eigenvalue weighted by Crippen LogP contribution is -2.62. The summed E-state index contributed by atoms with van der Waals surface area (Å²) in [6.45, 7) is 23.9. The molecule has 0 saturated heterocycles. The van der Waals surface area contributed by atoms with E-state index in [1.807, 2.05) is 0 Å². The quantitative estimate of drug-likeness (QED) is 0.154. The molecule has 0 fully saturated rings. The van der Waals surface area contributed by atoms with Gasteiger partial charge in [-0.05, 0) is 169 Å². The Kier molecular flexibility index (Phi) is 10.3. The van der Waals surface area contributed by atoms with Gasteiger partial charge in [-0.1, -0.05) is 196 Å². The highest BCUT2D eigenvalue weighted by Crippen LogP contribution is 2.58. The number of benzene rings is 9. The molecule has 0 spiro atoms. The maximum absolute atomic E-state index is 2.70. The second-order valence-corrected chi connectivity index (χ2v) is 24.6. The summed E-state index contributed by atoms with van der Waals surface area (Å²) in [5, 5.41) is 0. The van der Waals surface area contributed by atoms with Crippen LogP contribution in [0.5, 0.6) is 0 Å². The van der Waals surface area contributed by atoms with E-state index in [1.54, 1.807) is 0 Å². The van der Waals surface area contributed by atoms with E-state index in [0.29, 0.717) is 0 Å². The summed E-state index contributed by atoms with van der Waals surface area (Å²) in [5.74, 6) is 0. The van der Waals surface area contributed by atoms with Crippen LogP contribution in [0.1, 0.15) is 109 Å². The zero-order valence-electron chi connectivity index (χ0n) is 44.8. The minimum Gasteiger partial charge on any atom is -0.376 e. The molecule has 3 heterocycles. The summed E-state index contributed by atoms with van der Waals surface area (Å²) in [4.78, 5) is 7.83. The van der Waals surface area contributed by atoms with Gasteiger partial charge in [-0.25, -0.2) is 0 Å². The first kappa shape index (κ1) is 46.2. The van der Waals surface area contributed by atoms with Gasteiger partial charge in [-0.2, -0.15) is 0 Å². The molecule has 364 valence electrons. The van der Waals surface area contributed by atoms with Crippen LogP contribution < -0.4 is 25.5 Å². The van der Waals surface area contributed by atoms with E-state index in [1.165, 1.54) is 113 Å². The largest absolute Gasteiger partial charge is 0.376 e. The summed E-state index contributed by atoms with van der Waals surface area (Å²) in [7, 11) is 0. The highest BCUT2D eigenvalue weighted by molar-refractivity contribution is 6.93. The Morgan fingerprint density at radius 3 is 1.62 bits per heavy atom. The molecule has 4 heteroatoms. The first-order chi connectivity index (χ1) is 35.5. The second kappa shape index (κ2) is 16.5. The minimum atomic E-state index is -0.241. The van der Waals surface area contributed by atoms with Crippen LogP contribution in [0.4, 0.5) is 45.5 Å². The van der Waals surface area contributed by atoms with E-state index >= 15 is 0 Å². The Morgan fingerprint density at radius 1 is 0.459 bits per heavy atom. The fraction of sp³-hybridized carbons (Fsp3) is 0.229. The van der Waals surface area contributed by atoms with Crippen molar-refractivity contribution in [2.24, 2.45) is 0 Å². The Labute approximate surface area is 440 Å². The van der Waals surface area contributed by atoms with Crippen molar-refractivity contribution in [1.82, 2.24) is 0 Å². The van der Waals surface area contributed by atoms with Gasteiger partial charge in [0.1, 0.15) is 0 Å². The standard InChI is InChI=1S/C70H66BN3/c1-45-40-56-55-37-36-54(72(52-34-28-50(29-35-52)67(2,3)4)51-30-24-48(25-31-51)46-18-13-11-14-19-46)42-62(55)74(53-32-26-49(27-33-53)47-20-15-12-16-21-47)71-61-23-17-22-57-66(61)73(64(41-45)65(56)71)63-44-59-58(43-60(63)70(57,9)10)68(5,6)38-39-69(59,7)8/h11-37,40-44H,38-39H2,1-10H3.